The normalized spacial score (nSPS) is 12.7. The minimum absolute atomic E-state index is 0.243. The van der Waals surface area contributed by atoms with Crippen LogP contribution in [-0.4, -0.2) is 22.8 Å². The molecule has 0 aliphatic rings. The lowest BCUT2D eigenvalue weighted by Crippen LogP contribution is -2.28. The quantitative estimate of drug-likeness (QED) is 0.664. The molecule has 0 aromatic carbocycles. The Morgan fingerprint density at radius 3 is 3.00 bits per heavy atom. The lowest BCUT2D eigenvalue weighted by Gasteiger charge is -2.11. The molecule has 1 atom stereocenters. The van der Waals surface area contributed by atoms with E-state index in [-0.39, 0.29) is 11.1 Å². The summed E-state index contributed by atoms with van der Waals surface area (Å²) in [6, 6.07) is 3.24. The molecule has 15 heavy (non-hydrogen) atoms. The summed E-state index contributed by atoms with van der Waals surface area (Å²) in [5.41, 5.74) is 5.34. The topological polar surface area (TPSA) is 77.5 Å². The van der Waals surface area contributed by atoms with E-state index in [1.165, 1.54) is 4.57 Å². The van der Waals surface area contributed by atoms with Crippen LogP contribution >= 0.6 is 0 Å². The fourth-order valence-electron chi connectivity index (χ4n) is 1.31. The van der Waals surface area contributed by atoms with Crippen molar-refractivity contribution in [3.05, 3.63) is 34.2 Å². The molecule has 0 saturated carbocycles. The molecule has 5 nitrogen and oxygen atoms in total. The van der Waals surface area contributed by atoms with Gasteiger partial charge in [-0.3, -0.25) is 4.79 Å². The lowest BCUT2D eigenvalue weighted by atomic mass is 10.2. The minimum Gasteiger partial charge on any atom is -0.364 e. The second kappa shape index (κ2) is 5.65. The number of nitrogens with two attached hydrogens (primary N) is 1. The van der Waals surface area contributed by atoms with E-state index >= 15 is 0 Å². The zero-order valence-corrected chi connectivity index (χ0v) is 8.72. The van der Waals surface area contributed by atoms with Gasteiger partial charge in [0.25, 0.3) is 5.56 Å². The van der Waals surface area contributed by atoms with Crippen molar-refractivity contribution in [1.29, 1.82) is 0 Å². The van der Waals surface area contributed by atoms with E-state index in [0.29, 0.717) is 19.7 Å². The summed E-state index contributed by atoms with van der Waals surface area (Å²) in [5.74, 6) is 0. The second-order valence-corrected chi connectivity index (χ2v) is 3.06. The van der Waals surface area contributed by atoms with Gasteiger partial charge in [-0.15, -0.1) is 0 Å². The van der Waals surface area contributed by atoms with Gasteiger partial charge in [0.15, 0.2) is 6.29 Å². The maximum atomic E-state index is 11.7. The van der Waals surface area contributed by atoms with Crippen molar-refractivity contribution in [3.8, 4) is 0 Å². The zero-order chi connectivity index (χ0) is 11.3. The highest BCUT2D eigenvalue weighted by Gasteiger charge is 2.12. The van der Waals surface area contributed by atoms with Crippen LogP contribution in [0.4, 0.5) is 0 Å². The molecule has 0 fully saturated rings. The first-order valence-electron chi connectivity index (χ1n) is 4.89. The van der Waals surface area contributed by atoms with E-state index in [9.17, 15) is 9.90 Å². The van der Waals surface area contributed by atoms with Crippen molar-refractivity contribution in [3.63, 3.8) is 0 Å². The molecular formula is C10H16N2O3. The van der Waals surface area contributed by atoms with E-state index in [1.54, 1.807) is 25.3 Å². The number of ether oxygens (including phenoxy) is 1. The van der Waals surface area contributed by atoms with Gasteiger partial charge in [0.1, 0.15) is 0 Å². The standard InChI is InChI=1S/C10H16N2O3/c1-2-15-10(14)8-4-3-6-12(7-5-11)9(8)13/h3-4,6,10,14H,2,5,7,11H2,1H3. The first-order chi connectivity index (χ1) is 7.20. The van der Waals surface area contributed by atoms with Gasteiger partial charge >= 0.3 is 0 Å². The summed E-state index contributed by atoms with van der Waals surface area (Å²) < 4.78 is 6.41. The van der Waals surface area contributed by atoms with Crippen LogP contribution in [0.5, 0.6) is 0 Å². The number of hydrogen-bond donors (Lipinski definition) is 2. The summed E-state index contributed by atoms with van der Waals surface area (Å²) in [6.45, 7) is 2.93. The summed E-state index contributed by atoms with van der Waals surface area (Å²) in [7, 11) is 0. The van der Waals surface area contributed by atoms with E-state index in [0.717, 1.165) is 0 Å². The molecule has 84 valence electrons. The molecule has 0 aliphatic carbocycles. The Balaban J connectivity index is 2.98. The van der Waals surface area contributed by atoms with Crippen LogP contribution in [0, 0.1) is 0 Å². The minimum atomic E-state index is -1.16. The molecule has 0 bridgehead atoms. The van der Waals surface area contributed by atoms with Crippen molar-refractivity contribution < 1.29 is 9.84 Å². The molecule has 0 spiro atoms. The average Bonchev–Trinajstić information content (AvgIpc) is 2.22. The van der Waals surface area contributed by atoms with Crippen LogP contribution in [0.3, 0.4) is 0 Å². The zero-order valence-electron chi connectivity index (χ0n) is 8.72. The van der Waals surface area contributed by atoms with E-state index in [4.69, 9.17) is 10.5 Å². The fraction of sp³-hybridized carbons (Fsp3) is 0.500. The SMILES string of the molecule is CCOC(O)c1cccn(CCN)c1=O. The van der Waals surface area contributed by atoms with Crippen LogP contribution in [0.2, 0.25) is 0 Å². The molecule has 5 heteroatoms. The van der Waals surface area contributed by atoms with Crippen molar-refractivity contribution >= 4 is 0 Å². The molecule has 1 unspecified atom stereocenters. The van der Waals surface area contributed by atoms with E-state index in [2.05, 4.69) is 0 Å². The Hall–Kier alpha value is -1.17. The van der Waals surface area contributed by atoms with Gasteiger partial charge in [-0.2, -0.15) is 0 Å². The maximum absolute atomic E-state index is 11.7. The molecule has 1 heterocycles. The van der Waals surface area contributed by atoms with Crippen LogP contribution < -0.4 is 11.3 Å². The smallest absolute Gasteiger partial charge is 0.258 e. The van der Waals surface area contributed by atoms with E-state index < -0.39 is 6.29 Å². The highest BCUT2D eigenvalue weighted by Crippen LogP contribution is 2.08. The molecule has 3 N–H and O–H groups in total. The van der Waals surface area contributed by atoms with Gasteiger partial charge < -0.3 is 20.1 Å². The van der Waals surface area contributed by atoms with Gasteiger partial charge in [0.05, 0.1) is 5.56 Å². The molecule has 0 amide bonds. The maximum Gasteiger partial charge on any atom is 0.258 e. The summed E-state index contributed by atoms with van der Waals surface area (Å²) in [5, 5.41) is 9.53. The number of aromatic nitrogens is 1. The third kappa shape index (κ3) is 2.89. The third-order valence-electron chi connectivity index (χ3n) is 2.01. The van der Waals surface area contributed by atoms with Crippen LogP contribution in [0.15, 0.2) is 23.1 Å². The predicted octanol–water partition coefficient (Wildman–Crippen LogP) is -0.166. The van der Waals surface area contributed by atoms with Crippen molar-refractivity contribution in [2.45, 2.75) is 19.8 Å². The van der Waals surface area contributed by atoms with Crippen molar-refractivity contribution in [1.82, 2.24) is 4.57 Å². The Morgan fingerprint density at radius 2 is 2.40 bits per heavy atom. The lowest BCUT2D eigenvalue weighted by molar-refractivity contribution is -0.0990. The van der Waals surface area contributed by atoms with Gasteiger partial charge in [-0.25, -0.2) is 0 Å². The molecule has 0 radical (unpaired) electrons. The summed E-state index contributed by atoms with van der Waals surface area (Å²) in [4.78, 5) is 11.7. The average molecular weight is 212 g/mol. The van der Waals surface area contributed by atoms with Crippen molar-refractivity contribution in [2.75, 3.05) is 13.2 Å². The van der Waals surface area contributed by atoms with E-state index in [1.807, 2.05) is 0 Å². The Morgan fingerprint density at radius 1 is 1.67 bits per heavy atom. The second-order valence-electron chi connectivity index (χ2n) is 3.06. The monoisotopic (exact) mass is 212 g/mol. The molecule has 1 rings (SSSR count). The van der Waals surface area contributed by atoms with Crippen LogP contribution in [-0.2, 0) is 11.3 Å². The molecule has 0 aliphatic heterocycles. The third-order valence-corrected chi connectivity index (χ3v) is 2.01. The van der Waals surface area contributed by atoms with Crippen LogP contribution in [0.25, 0.3) is 0 Å². The first-order valence-corrected chi connectivity index (χ1v) is 4.89. The summed E-state index contributed by atoms with van der Waals surface area (Å²) in [6.07, 6.45) is 0.477. The number of hydrogen-bond acceptors (Lipinski definition) is 4. The van der Waals surface area contributed by atoms with Gasteiger partial charge in [0, 0.05) is 25.9 Å². The Labute approximate surface area is 88.1 Å². The Bertz CT molecular complexity index is 362. The van der Waals surface area contributed by atoms with Gasteiger partial charge in [-0.1, -0.05) is 0 Å². The molecule has 1 aromatic heterocycles. The largest absolute Gasteiger partial charge is 0.364 e. The molecular weight excluding hydrogens is 196 g/mol. The van der Waals surface area contributed by atoms with Crippen LogP contribution in [0.1, 0.15) is 18.8 Å². The fourth-order valence-corrected chi connectivity index (χ4v) is 1.31. The summed E-state index contributed by atoms with van der Waals surface area (Å²) >= 11 is 0. The number of rotatable bonds is 5. The predicted molar refractivity (Wildman–Crippen MR) is 56.3 cm³/mol. The number of nitrogens with zero attached hydrogens (tertiary/aromatic N) is 1. The van der Waals surface area contributed by atoms with Crippen molar-refractivity contribution in [2.24, 2.45) is 5.73 Å². The van der Waals surface area contributed by atoms with Gasteiger partial charge in [-0.05, 0) is 19.1 Å². The molecule has 0 saturated heterocycles. The Kier molecular flexibility index (Phi) is 4.48. The number of aliphatic hydroxyl groups is 1. The highest BCUT2D eigenvalue weighted by atomic mass is 16.6. The number of aliphatic hydroxyl groups excluding tert-OH is 1. The first kappa shape index (κ1) is 11.9. The highest BCUT2D eigenvalue weighted by molar-refractivity contribution is 5.11. The molecule has 1 aromatic rings. The van der Waals surface area contributed by atoms with Gasteiger partial charge in [0.2, 0.25) is 0 Å². The number of pyridine rings is 1.